The average molecular weight is 551 g/mol. The van der Waals surface area contributed by atoms with Gasteiger partial charge >= 0.3 is 0 Å². The van der Waals surface area contributed by atoms with Crippen LogP contribution in [-0.2, 0) is 19.1 Å². The topological polar surface area (TPSA) is 171 Å². The summed E-state index contributed by atoms with van der Waals surface area (Å²) in [6, 6.07) is -4.34. The first kappa shape index (κ1) is 29.5. The molecule has 1 aromatic heterocycles. The molecule has 0 radical (unpaired) electrons. The molecule has 4 amide bonds. The molecule has 0 fully saturated rings. The molecule has 0 spiro atoms. The van der Waals surface area contributed by atoms with E-state index < -0.39 is 60.1 Å². The highest BCUT2D eigenvalue weighted by Crippen LogP contribution is 2.29. The van der Waals surface area contributed by atoms with Crippen LogP contribution in [0.2, 0.25) is 0 Å². The first-order valence-corrected chi connectivity index (χ1v) is 13.8. The highest BCUT2D eigenvalue weighted by atomic mass is 32.1. The predicted molar refractivity (Wildman–Crippen MR) is 142 cm³/mol. The van der Waals surface area contributed by atoms with Crippen LogP contribution in [0, 0.1) is 11.8 Å². The number of amides is 4. The number of rotatable bonds is 4. The number of aliphatic hydroxyl groups excluding tert-OH is 1. The molecule has 8 atom stereocenters. The van der Waals surface area contributed by atoms with E-state index in [-0.39, 0.29) is 29.3 Å². The number of thiazole rings is 1. The van der Waals surface area contributed by atoms with E-state index in [0.717, 1.165) is 6.42 Å². The summed E-state index contributed by atoms with van der Waals surface area (Å²) in [7, 11) is 0. The van der Waals surface area contributed by atoms with Crippen molar-refractivity contribution in [3.05, 3.63) is 16.1 Å². The van der Waals surface area contributed by atoms with Crippen molar-refractivity contribution in [1.82, 2.24) is 26.3 Å². The zero-order chi connectivity index (χ0) is 28.3. The Morgan fingerprint density at radius 3 is 2.18 bits per heavy atom. The van der Waals surface area contributed by atoms with E-state index >= 15 is 0 Å². The van der Waals surface area contributed by atoms with Crippen LogP contribution in [0.4, 0.5) is 0 Å². The van der Waals surface area contributed by atoms with Gasteiger partial charge in [0.2, 0.25) is 23.6 Å². The second-order valence-corrected chi connectivity index (χ2v) is 11.2. The maximum atomic E-state index is 13.4. The van der Waals surface area contributed by atoms with Gasteiger partial charge in [-0.05, 0) is 32.6 Å². The number of aromatic nitrogens is 1. The van der Waals surface area contributed by atoms with Crippen molar-refractivity contribution < 1.29 is 29.0 Å². The second kappa shape index (κ2) is 12.2. The van der Waals surface area contributed by atoms with Gasteiger partial charge in [0.05, 0.1) is 12.1 Å². The number of hydrogen-bond acceptors (Lipinski definition) is 9. The molecule has 12 nitrogen and oxygen atoms in total. The predicted octanol–water partition coefficient (Wildman–Crippen LogP) is 0.671. The van der Waals surface area contributed by atoms with Crippen molar-refractivity contribution in [2.75, 3.05) is 0 Å². The van der Waals surface area contributed by atoms with E-state index in [1.807, 2.05) is 27.7 Å². The zero-order valence-electron chi connectivity index (χ0n) is 22.8. The number of ether oxygens (including phenoxy) is 1. The molecule has 13 heteroatoms. The van der Waals surface area contributed by atoms with Crippen LogP contribution < -0.4 is 21.3 Å². The van der Waals surface area contributed by atoms with Gasteiger partial charge in [-0.25, -0.2) is 9.98 Å². The third-order valence-corrected chi connectivity index (χ3v) is 7.78. The number of carbonyl (C=O) groups is 4. The number of nitrogens with zero attached hydrogens (tertiary/aromatic N) is 2. The quantitative estimate of drug-likeness (QED) is 0.367. The number of fused-ring (bicyclic) bond motifs is 3. The first-order chi connectivity index (χ1) is 17.8. The van der Waals surface area contributed by atoms with Gasteiger partial charge in [-0.1, -0.05) is 34.1 Å². The number of aliphatic hydroxyl groups is 1. The molecule has 210 valence electrons. The van der Waals surface area contributed by atoms with Crippen LogP contribution >= 0.6 is 11.3 Å². The molecule has 3 unspecified atom stereocenters. The summed E-state index contributed by atoms with van der Waals surface area (Å²) in [5.74, 6) is -2.19. The standard InChI is InChI=1S/C25H38N6O6S/c1-8-11(4)17-25-27-15(9-38-25)21(34)26-12(5)20(33)30-18(13(6)32)22(35)28-16(10(2)3)24-31-19(14(7)37-24)23(36)29-17/h9-14,16-19,32H,8H2,1-7H3,(H,26,34)(H,28,35)(H,29,36)(H,30,33)/t11-,12+,13+,14+,16-,17?,18?,19?/m0/s1. The Balaban J connectivity index is 2.04. The van der Waals surface area contributed by atoms with Crippen molar-refractivity contribution in [3.8, 4) is 0 Å². The smallest absolute Gasteiger partial charge is 0.271 e. The fourth-order valence-corrected chi connectivity index (χ4v) is 5.17. The number of nitrogens with one attached hydrogen (secondary N) is 4. The molecule has 1 aromatic rings. The lowest BCUT2D eigenvalue weighted by Crippen LogP contribution is -2.59. The Hall–Kier alpha value is -3.06. The third kappa shape index (κ3) is 6.49. The molecule has 2 aliphatic heterocycles. The largest absolute Gasteiger partial charge is 0.474 e. The first-order valence-electron chi connectivity index (χ1n) is 12.9. The van der Waals surface area contributed by atoms with Gasteiger partial charge in [0.1, 0.15) is 34.9 Å². The lowest BCUT2D eigenvalue weighted by Gasteiger charge is -2.27. The molecule has 4 bridgehead atoms. The molecular formula is C25H38N6O6S. The average Bonchev–Trinajstić information content (AvgIpc) is 3.49. The van der Waals surface area contributed by atoms with Crippen LogP contribution in [0.5, 0.6) is 0 Å². The van der Waals surface area contributed by atoms with Crippen LogP contribution in [0.1, 0.15) is 76.4 Å². The molecule has 0 saturated carbocycles. The minimum absolute atomic E-state index is 0.0116. The van der Waals surface area contributed by atoms with Gasteiger partial charge in [0, 0.05) is 5.38 Å². The molecule has 0 saturated heterocycles. The number of carbonyl (C=O) groups excluding carboxylic acids is 4. The van der Waals surface area contributed by atoms with Gasteiger partial charge in [-0.2, -0.15) is 0 Å². The second-order valence-electron chi connectivity index (χ2n) is 10.3. The summed E-state index contributed by atoms with van der Waals surface area (Å²) >= 11 is 1.24. The SMILES string of the molecule is CC[C@H](C)C1NC(=O)C2N=C(O[C@@H]2C)[C@H](C(C)C)NC(=O)C([C@@H](C)O)NC(=O)[C@@H](C)NC(=O)c2csc1n2. The minimum Gasteiger partial charge on any atom is -0.474 e. The van der Waals surface area contributed by atoms with E-state index in [2.05, 4.69) is 31.2 Å². The highest BCUT2D eigenvalue weighted by molar-refractivity contribution is 7.09. The van der Waals surface area contributed by atoms with Crippen molar-refractivity contribution in [3.63, 3.8) is 0 Å². The summed E-state index contributed by atoms with van der Waals surface area (Å²) in [5.41, 5.74) is 0.107. The molecular weight excluding hydrogens is 512 g/mol. The van der Waals surface area contributed by atoms with Gasteiger partial charge in [-0.3, -0.25) is 19.2 Å². The Kier molecular flexibility index (Phi) is 9.47. The monoisotopic (exact) mass is 550 g/mol. The van der Waals surface area contributed by atoms with Crippen LogP contribution in [0.25, 0.3) is 0 Å². The van der Waals surface area contributed by atoms with Gasteiger partial charge in [-0.15, -0.1) is 11.3 Å². The van der Waals surface area contributed by atoms with Crippen LogP contribution in [0.3, 0.4) is 0 Å². The van der Waals surface area contributed by atoms with Crippen molar-refractivity contribution in [2.45, 2.75) is 97.3 Å². The Labute approximate surface area is 226 Å². The molecule has 3 heterocycles. The van der Waals surface area contributed by atoms with Crippen molar-refractivity contribution >= 4 is 40.9 Å². The summed E-state index contributed by atoms with van der Waals surface area (Å²) < 4.78 is 5.94. The summed E-state index contributed by atoms with van der Waals surface area (Å²) in [5, 5.41) is 23.3. The van der Waals surface area contributed by atoms with Crippen LogP contribution in [0.15, 0.2) is 10.4 Å². The van der Waals surface area contributed by atoms with Gasteiger partial charge < -0.3 is 31.1 Å². The lowest BCUT2D eigenvalue weighted by atomic mass is 9.99. The van der Waals surface area contributed by atoms with Gasteiger partial charge in [0.15, 0.2) is 6.04 Å². The summed E-state index contributed by atoms with van der Waals surface area (Å²) in [4.78, 5) is 61.2. The van der Waals surface area contributed by atoms with Crippen molar-refractivity contribution in [2.24, 2.45) is 16.8 Å². The fraction of sp³-hybridized carbons (Fsp3) is 0.680. The molecule has 0 aromatic carbocycles. The Bertz CT molecular complexity index is 1090. The maximum Gasteiger partial charge on any atom is 0.271 e. The molecule has 2 aliphatic rings. The van der Waals surface area contributed by atoms with E-state index in [1.54, 1.807) is 12.3 Å². The normalized spacial score (nSPS) is 30.6. The van der Waals surface area contributed by atoms with Crippen molar-refractivity contribution in [1.29, 1.82) is 0 Å². The van der Waals surface area contributed by atoms with E-state index in [9.17, 15) is 24.3 Å². The third-order valence-electron chi connectivity index (χ3n) is 6.85. The lowest BCUT2D eigenvalue weighted by molar-refractivity contribution is -0.132. The van der Waals surface area contributed by atoms with Gasteiger partial charge in [0.25, 0.3) is 5.91 Å². The maximum absolute atomic E-state index is 13.4. The minimum atomic E-state index is -1.30. The zero-order valence-corrected chi connectivity index (χ0v) is 23.6. The fourth-order valence-electron chi connectivity index (χ4n) is 4.19. The van der Waals surface area contributed by atoms with E-state index in [1.165, 1.54) is 25.2 Å². The number of aliphatic imine (C=N–C) groups is 1. The Morgan fingerprint density at radius 1 is 0.947 bits per heavy atom. The van der Waals surface area contributed by atoms with Crippen LogP contribution in [-0.4, -0.2) is 76.0 Å². The summed E-state index contributed by atoms with van der Waals surface area (Å²) in [6.45, 7) is 12.3. The Morgan fingerprint density at radius 2 is 1.58 bits per heavy atom. The van der Waals surface area contributed by atoms with E-state index in [0.29, 0.717) is 5.01 Å². The highest BCUT2D eigenvalue weighted by Gasteiger charge is 2.40. The molecule has 3 rings (SSSR count). The number of hydrogen-bond donors (Lipinski definition) is 5. The summed E-state index contributed by atoms with van der Waals surface area (Å²) in [6.07, 6.45) is -1.07. The molecule has 5 N–H and O–H groups in total. The molecule has 0 aliphatic carbocycles. The molecule has 38 heavy (non-hydrogen) atoms. The van der Waals surface area contributed by atoms with E-state index in [4.69, 9.17) is 4.74 Å².